The standard InChI is InChI=1S/C16H24N2O3S/c1-10(11-5-6-11)17-13(20)8-18-14(21)9-22-15(18)7-12(19)16(2,3)4/h7,10-11H,5-6,8-9H2,1-4H3,(H,17,20). The summed E-state index contributed by atoms with van der Waals surface area (Å²) in [5.41, 5.74) is -0.492. The maximum Gasteiger partial charge on any atom is 0.240 e. The highest BCUT2D eigenvalue weighted by Crippen LogP contribution is 2.33. The maximum absolute atomic E-state index is 12.1. The fourth-order valence-corrected chi connectivity index (χ4v) is 3.13. The number of rotatable bonds is 5. The molecule has 2 fully saturated rings. The maximum atomic E-state index is 12.1. The van der Waals surface area contributed by atoms with Crippen LogP contribution in [0.2, 0.25) is 0 Å². The van der Waals surface area contributed by atoms with Crippen LogP contribution in [0.4, 0.5) is 0 Å². The number of allylic oxidation sites excluding steroid dienone is 1. The van der Waals surface area contributed by atoms with Gasteiger partial charge >= 0.3 is 0 Å². The fourth-order valence-electron chi connectivity index (χ4n) is 2.19. The van der Waals surface area contributed by atoms with Crippen molar-refractivity contribution in [2.24, 2.45) is 11.3 Å². The van der Waals surface area contributed by atoms with Crippen molar-refractivity contribution in [2.45, 2.75) is 46.6 Å². The van der Waals surface area contributed by atoms with E-state index in [9.17, 15) is 14.4 Å². The number of hydrogen-bond donors (Lipinski definition) is 1. The second-order valence-corrected chi connectivity index (χ2v) is 8.05. The molecule has 1 aliphatic carbocycles. The molecular weight excluding hydrogens is 300 g/mol. The van der Waals surface area contributed by atoms with Gasteiger partial charge in [-0.1, -0.05) is 32.5 Å². The number of nitrogens with zero attached hydrogens (tertiary/aromatic N) is 1. The van der Waals surface area contributed by atoms with Crippen molar-refractivity contribution >= 4 is 29.4 Å². The summed E-state index contributed by atoms with van der Waals surface area (Å²) in [5.74, 6) is 0.539. The number of thioether (sulfide) groups is 1. The summed E-state index contributed by atoms with van der Waals surface area (Å²) in [6, 6.07) is 0.154. The van der Waals surface area contributed by atoms with Crippen molar-refractivity contribution in [1.29, 1.82) is 0 Å². The molecular formula is C16H24N2O3S. The average molecular weight is 324 g/mol. The van der Waals surface area contributed by atoms with Gasteiger partial charge in [-0.3, -0.25) is 19.3 Å². The van der Waals surface area contributed by atoms with Crippen LogP contribution in [-0.4, -0.2) is 40.8 Å². The lowest BCUT2D eigenvalue weighted by Crippen LogP contribution is -2.42. The second-order valence-electron chi connectivity index (χ2n) is 7.06. The van der Waals surface area contributed by atoms with Gasteiger partial charge in [0.05, 0.1) is 10.8 Å². The van der Waals surface area contributed by atoms with Gasteiger partial charge in [0.15, 0.2) is 5.78 Å². The van der Waals surface area contributed by atoms with Gasteiger partial charge in [0.25, 0.3) is 0 Å². The average Bonchev–Trinajstić information content (AvgIpc) is 3.19. The van der Waals surface area contributed by atoms with Crippen LogP contribution in [0.5, 0.6) is 0 Å². The van der Waals surface area contributed by atoms with E-state index in [2.05, 4.69) is 5.32 Å². The van der Waals surface area contributed by atoms with Crippen molar-refractivity contribution in [3.8, 4) is 0 Å². The lowest BCUT2D eigenvalue weighted by atomic mass is 9.91. The highest BCUT2D eigenvalue weighted by atomic mass is 32.2. The molecule has 0 aromatic heterocycles. The quantitative estimate of drug-likeness (QED) is 0.785. The summed E-state index contributed by atoms with van der Waals surface area (Å²) in [6.45, 7) is 7.49. The van der Waals surface area contributed by atoms with E-state index in [4.69, 9.17) is 0 Å². The topological polar surface area (TPSA) is 66.5 Å². The van der Waals surface area contributed by atoms with E-state index < -0.39 is 5.41 Å². The predicted molar refractivity (Wildman–Crippen MR) is 87.0 cm³/mol. The van der Waals surface area contributed by atoms with E-state index >= 15 is 0 Å². The lowest BCUT2D eigenvalue weighted by molar-refractivity contribution is -0.131. The Balaban J connectivity index is 2.00. The van der Waals surface area contributed by atoms with Crippen LogP contribution >= 0.6 is 11.8 Å². The Labute approximate surface area is 135 Å². The molecule has 0 aromatic carbocycles. The van der Waals surface area contributed by atoms with E-state index in [0.717, 1.165) is 12.8 Å². The van der Waals surface area contributed by atoms with E-state index in [0.29, 0.717) is 10.9 Å². The van der Waals surface area contributed by atoms with Crippen LogP contribution in [0.15, 0.2) is 11.1 Å². The van der Waals surface area contributed by atoms with Gasteiger partial charge in [-0.05, 0) is 25.7 Å². The van der Waals surface area contributed by atoms with Crippen LogP contribution in [0.1, 0.15) is 40.5 Å². The summed E-state index contributed by atoms with van der Waals surface area (Å²) in [7, 11) is 0. The Morgan fingerprint density at radius 2 is 2.05 bits per heavy atom. The van der Waals surface area contributed by atoms with Crippen molar-refractivity contribution in [1.82, 2.24) is 10.2 Å². The second kappa shape index (κ2) is 6.44. The van der Waals surface area contributed by atoms with Gasteiger partial charge in [0.2, 0.25) is 11.8 Å². The minimum absolute atomic E-state index is 0.00779. The summed E-state index contributed by atoms with van der Waals surface area (Å²) in [5, 5.41) is 3.52. The summed E-state index contributed by atoms with van der Waals surface area (Å²) in [4.78, 5) is 37.6. The van der Waals surface area contributed by atoms with E-state index in [-0.39, 0.29) is 35.9 Å². The zero-order valence-corrected chi connectivity index (χ0v) is 14.5. The lowest BCUT2D eigenvalue weighted by Gasteiger charge is -2.20. The molecule has 1 saturated carbocycles. The Bertz CT molecular complexity index is 518. The van der Waals surface area contributed by atoms with Crippen molar-refractivity contribution in [2.75, 3.05) is 12.3 Å². The first-order chi connectivity index (χ1) is 10.2. The normalized spacial score (nSPS) is 22.1. The minimum Gasteiger partial charge on any atom is -0.352 e. The third kappa shape index (κ3) is 4.35. The van der Waals surface area contributed by atoms with E-state index in [1.807, 2.05) is 27.7 Å². The van der Waals surface area contributed by atoms with Crippen LogP contribution in [-0.2, 0) is 14.4 Å². The number of ketones is 1. The molecule has 0 aromatic rings. The summed E-state index contributed by atoms with van der Waals surface area (Å²) >= 11 is 1.32. The molecule has 6 heteroatoms. The van der Waals surface area contributed by atoms with Gasteiger partial charge in [-0.15, -0.1) is 0 Å². The first kappa shape index (κ1) is 17.1. The zero-order valence-electron chi connectivity index (χ0n) is 13.6. The fraction of sp³-hybridized carbons (Fsp3) is 0.688. The third-order valence-corrected chi connectivity index (χ3v) is 4.95. The number of carbonyl (C=O) groups is 3. The molecule has 2 amide bonds. The van der Waals surface area contributed by atoms with Gasteiger partial charge in [-0.25, -0.2) is 0 Å². The Hall–Kier alpha value is -1.30. The summed E-state index contributed by atoms with van der Waals surface area (Å²) < 4.78 is 0. The molecule has 1 saturated heterocycles. The molecule has 1 heterocycles. The minimum atomic E-state index is -0.492. The van der Waals surface area contributed by atoms with Crippen molar-refractivity contribution in [3.63, 3.8) is 0 Å². The zero-order chi connectivity index (χ0) is 16.5. The first-order valence-electron chi connectivity index (χ1n) is 7.67. The highest BCUT2D eigenvalue weighted by Gasteiger charge is 2.33. The van der Waals surface area contributed by atoms with Crippen molar-refractivity contribution in [3.05, 3.63) is 11.1 Å². The molecule has 5 nitrogen and oxygen atoms in total. The SMILES string of the molecule is CC(NC(=O)CN1C(=O)CSC1=CC(=O)C(C)(C)C)C1CC1. The number of hydrogen-bond acceptors (Lipinski definition) is 4. The monoisotopic (exact) mass is 324 g/mol. The molecule has 0 spiro atoms. The molecule has 1 aliphatic heterocycles. The largest absolute Gasteiger partial charge is 0.352 e. The highest BCUT2D eigenvalue weighted by molar-refractivity contribution is 8.04. The molecule has 1 unspecified atom stereocenters. The first-order valence-corrected chi connectivity index (χ1v) is 8.65. The van der Waals surface area contributed by atoms with E-state index in [1.165, 1.54) is 22.7 Å². The van der Waals surface area contributed by atoms with Crippen LogP contribution in [0, 0.1) is 11.3 Å². The Morgan fingerprint density at radius 3 is 2.59 bits per heavy atom. The van der Waals surface area contributed by atoms with Crippen LogP contribution in [0.3, 0.4) is 0 Å². The predicted octanol–water partition coefficient (Wildman–Crippen LogP) is 1.93. The van der Waals surface area contributed by atoms with Crippen LogP contribution < -0.4 is 5.32 Å². The van der Waals surface area contributed by atoms with Gasteiger partial charge in [0, 0.05) is 17.5 Å². The molecule has 0 bridgehead atoms. The smallest absolute Gasteiger partial charge is 0.240 e. The number of carbonyl (C=O) groups excluding carboxylic acids is 3. The molecule has 22 heavy (non-hydrogen) atoms. The van der Waals surface area contributed by atoms with Crippen molar-refractivity contribution < 1.29 is 14.4 Å². The molecule has 2 aliphatic rings. The van der Waals surface area contributed by atoms with E-state index in [1.54, 1.807) is 0 Å². The van der Waals surface area contributed by atoms with Gasteiger partial charge < -0.3 is 5.32 Å². The summed E-state index contributed by atoms with van der Waals surface area (Å²) in [6.07, 6.45) is 3.81. The Morgan fingerprint density at radius 1 is 1.41 bits per heavy atom. The molecule has 122 valence electrons. The molecule has 2 rings (SSSR count). The number of nitrogens with one attached hydrogen (secondary N) is 1. The van der Waals surface area contributed by atoms with Crippen LogP contribution in [0.25, 0.3) is 0 Å². The number of amides is 2. The Kier molecular flexibility index (Phi) is 5.00. The van der Waals surface area contributed by atoms with Gasteiger partial charge in [-0.2, -0.15) is 0 Å². The molecule has 1 N–H and O–H groups in total. The third-order valence-electron chi connectivity index (χ3n) is 3.92. The molecule has 1 atom stereocenters. The molecule has 0 radical (unpaired) electrons. The van der Waals surface area contributed by atoms with Gasteiger partial charge in [0.1, 0.15) is 6.54 Å².